The Morgan fingerprint density at radius 2 is 2.03 bits per heavy atom. The molecule has 0 aliphatic carbocycles. The summed E-state index contributed by atoms with van der Waals surface area (Å²) in [5, 5.41) is 8.24. The molecule has 0 bridgehead atoms. The Morgan fingerprint density at radius 1 is 1.28 bits per heavy atom. The van der Waals surface area contributed by atoms with Crippen LogP contribution >= 0.6 is 11.3 Å². The molecule has 170 valence electrons. The Bertz CT molecular complexity index is 1040. The van der Waals surface area contributed by atoms with Crippen molar-refractivity contribution in [2.45, 2.75) is 25.6 Å². The van der Waals surface area contributed by atoms with E-state index in [1.54, 1.807) is 16.8 Å². The molecule has 8 nitrogen and oxygen atoms in total. The Labute approximate surface area is 184 Å². The minimum atomic E-state index is -4.62. The van der Waals surface area contributed by atoms with Crippen LogP contribution < -0.4 is 15.5 Å². The maximum atomic E-state index is 12.9. The van der Waals surface area contributed by atoms with E-state index >= 15 is 0 Å². The number of carbonyl (C=O) groups is 4. The monoisotopic (exact) mass is 469 g/mol. The van der Waals surface area contributed by atoms with Crippen LogP contribution in [0.1, 0.15) is 29.3 Å². The minimum Gasteiger partial charge on any atom is -0.452 e. The number of esters is 1. The van der Waals surface area contributed by atoms with Crippen molar-refractivity contribution in [1.82, 2.24) is 5.32 Å². The number of nitrogens with one attached hydrogen (secondary N) is 2. The third-order valence-corrected chi connectivity index (χ3v) is 5.19. The zero-order valence-electron chi connectivity index (χ0n) is 16.7. The van der Waals surface area contributed by atoms with E-state index in [1.165, 1.54) is 18.3 Å². The smallest absolute Gasteiger partial charge is 0.416 e. The van der Waals surface area contributed by atoms with Crippen LogP contribution in [0.15, 0.2) is 35.0 Å². The molecule has 1 aliphatic heterocycles. The van der Waals surface area contributed by atoms with Gasteiger partial charge in [-0.3, -0.25) is 24.1 Å². The summed E-state index contributed by atoms with van der Waals surface area (Å²) in [5.74, 6) is -2.56. The van der Waals surface area contributed by atoms with Gasteiger partial charge in [0.2, 0.25) is 5.91 Å². The van der Waals surface area contributed by atoms with Crippen LogP contribution in [0.25, 0.3) is 0 Å². The van der Waals surface area contributed by atoms with Crippen molar-refractivity contribution < 1.29 is 37.1 Å². The van der Waals surface area contributed by atoms with Crippen LogP contribution in [-0.4, -0.2) is 42.9 Å². The highest BCUT2D eigenvalue weighted by Crippen LogP contribution is 2.37. The molecule has 2 aromatic rings. The van der Waals surface area contributed by atoms with Gasteiger partial charge in [0.25, 0.3) is 11.8 Å². The van der Waals surface area contributed by atoms with Crippen molar-refractivity contribution in [1.29, 1.82) is 0 Å². The fourth-order valence-electron chi connectivity index (χ4n) is 2.96. The van der Waals surface area contributed by atoms with Gasteiger partial charge < -0.3 is 15.4 Å². The number of hydrogen-bond acceptors (Lipinski definition) is 6. The quantitative estimate of drug-likeness (QED) is 0.633. The first-order chi connectivity index (χ1) is 15.1. The lowest BCUT2D eigenvalue weighted by molar-refractivity contribution is -0.153. The number of hydrogen-bond donors (Lipinski definition) is 2. The second-order valence-corrected chi connectivity index (χ2v) is 7.63. The van der Waals surface area contributed by atoms with Gasteiger partial charge in [-0.1, -0.05) is 0 Å². The van der Waals surface area contributed by atoms with E-state index < -0.39 is 42.2 Å². The van der Waals surface area contributed by atoms with E-state index in [0.29, 0.717) is 5.56 Å². The summed E-state index contributed by atoms with van der Waals surface area (Å²) in [6, 6.07) is 4.23. The molecule has 1 aliphatic rings. The first-order valence-corrected chi connectivity index (χ1v) is 10.3. The lowest BCUT2D eigenvalue weighted by Gasteiger charge is -2.31. The average Bonchev–Trinajstić information content (AvgIpc) is 3.26. The van der Waals surface area contributed by atoms with Crippen LogP contribution in [0.4, 0.5) is 24.5 Å². The molecule has 0 radical (unpaired) electrons. The molecule has 0 spiro atoms. The number of halogens is 3. The van der Waals surface area contributed by atoms with Crippen LogP contribution in [0.5, 0.6) is 0 Å². The summed E-state index contributed by atoms with van der Waals surface area (Å²) in [7, 11) is 0. The van der Waals surface area contributed by atoms with Crippen molar-refractivity contribution in [2.24, 2.45) is 0 Å². The Morgan fingerprint density at radius 3 is 2.69 bits per heavy atom. The maximum Gasteiger partial charge on any atom is 0.416 e. The van der Waals surface area contributed by atoms with E-state index in [4.69, 9.17) is 4.74 Å². The van der Waals surface area contributed by atoms with Gasteiger partial charge in [0.1, 0.15) is 6.54 Å². The highest BCUT2D eigenvalue weighted by atomic mass is 32.1. The van der Waals surface area contributed by atoms with E-state index in [9.17, 15) is 32.3 Å². The van der Waals surface area contributed by atoms with E-state index in [1.807, 2.05) is 0 Å². The summed E-state index contributed by atoms with van der Waals surface area (Å²) in [6.45, 7) is 0.847. The van der Waals surface area contributed by atoms with Gasteiger partial charge in [0.15, 0.2) is 6.10 Å². The predicted octanol–water partition coefficient (Wildman–Crippen LogP) is 2.80. The third-order valence-electron chi connectivity index (χ3n) is 4.51. The highest BCUT2D eigenvalue weighted by Gasteiger charge is 2.35. The zero-order chi connectivity index (χ0) is 23.5. The number of carbonyl (C=O) groups excluding carboxylic acids is 4. The van der Waals surface area contributed by atoms with Crippen molar-refractivity contribution in [3.8, 4) is 0 Å². The van der Waals surface area contributed by atoms with Crippen LogP contribution in [0.2, 0.25) is 0 Å². The summed E-state index contributed by atoms with van der Waals surface area (Å²) in [4.78, 5) is 49.5. The molecule has 12 heteroatoms. The summed E-state index contributed by atoms with van der Waals surface area (Å²) in [5.41, 5.74) is -0.620. The molecule has 2 N–H and O–H groups in total. The number of thiophene rings is 1. The van der Waals surface area contributed by atoms with Gasteiger partial charge in [-0.15, -0.1) is 0 Å². The third kappa shape index (κ3) is 5.44. The molecule has 0 saturated heterocycles. The van der Waals surface area contributed by atoms with Crippen LogP contribution in [0, 0.1) is 0 Å². The Kier molecular flexibility index (Phi) is 6.82. The zero-order valence-corrected chi connectivity index (χ0v) is 17.5. The number of fused-ring (bicyclic) bond motifs is 1. The largest absolute Gasteiger partial charge is 0.452 e. The van der Waals surface area contributed by atoms with Gasteiger partial charge in [-0.25, -0.2) is 0 Å². The molecule has 2 heterocycles. The lowest BCUT2D eigenvalue weighted by atomic mass is 10.1. The number of ether oxygens (including phenoxy) is 1. The number of amides is 3. The number of alkyl halides is 3. The second kappa shape index (κ2) is 9.39. The van der Waals surface area contributed by atoms with E-state index in [-0.39, 0.29) is 30.2 Å². The van der Waals surface area contributed by atoms with Gasteiger partial charge in [-0.05, 0) is 36.6 Å². The normalized spacial score (nSPS) is 14.2. The predicted molar refractivity (Wildman–Crippen MR) is 109 cm³/mol. The van der Waals surface area contributed by atoms with Crippen molar-refractivity contribution in [3.05, 3.63) is 46.2 Å². The first-order valence-electron chi connectivity index (χ1n) is 9.38. The number of nitrogens with zero attached hydrogens (tertiary/aromatic N) is 1. The fraction of sp³-hybridized carbons (Fsp3) is 0.300. The molecule has 1 unspecified atom stereocenters. The molecule has 1 aromatic carbocycles. The molecule has 3 rings (SSSR count). The molecule has 0 fully saturated rings. The van der Waals surface area contributed by atoms with Crippen LogP contribution in [-0.2, 0) is 25.3 Å². The Hall–Kier alpha value is -3.41. The number of benzene rings is 1. The summed E-state index contributed by atoms with van der Waals surface area (Å²) in [6.07, 6.45) is -6.11. The lowest BCUT2D eigenvalue weighted by Crippen LogP contribution is -2.47. The topological polar surface area (TPSA) is 105 Å². The molecule has 1 aromatic heterocycles. The summed E-state index contributed by atoms with van der Waals surface area (Å²) >= 11 is 1.35. The average molecular weight is 469 g/mol. The van der Waals surface area contributed by atoms with Gasteiger partial charge in [0.05, 0.1) is 23.4 Å². The number of rotatable bonds is 6. The van der Waals surface area contributed by atoms with Gasteiger partial charge in [-0.2, -0.15) is 24.5 Å². The van der Waals surface area contributed by atoms with Crippen molar-refractivity contribution in [2.75, 3.05) is 23.3 Å². The summed E-state index contributed by atoms with van der Waals surface area (Å²) < 4.78 is 43.9. The van der Waals surface area contributed by atoms with E-state index in [2.05, 4.69) is 10.6 Å². The number of anilines is 2. The van der Waals surface area contributed by atoms with Crippen LogP contribution in [0.3, 0.4) is 0 Å². The molecule has 0 saturated carbocycles. The molecular formula is C20H18F3N3O5S. The van der Waals surface area contributed by atoms with Gasteiger partial charge >= 0.3 is 12.1 Å². The fourth-order valence-corrected chi connectivity index (χ4v) is 3.60. The van der Waals surface area contributed by atoms with Crippen molar-refractivity contribution >= 4 is 46.4 Å². The second-order valence-electron chi connectivity index (χ2n) is 6.85. The maximum absolute atomic E-state index is 12.9. The molecule has 3 amide bonds. The molecular weight excluding hydrogens is 451 g/mol. The van der Waals surface area contributed by atoms with E-state index in [0.717, 1.165) is 23.1 Å². The standard InChI is InChI=1S/C20H18F3N3O5S/c1-11(31-17(28)4-6-24-18(29)12-5-7-32-10-12)19(30)26-9-16(27)25-14-8-13(20(21,22)23)2-3-15(14)26/h2-3,5,7-8,10-11H,4,6,9H2,1H3,(H,24,29)(H,25,27). The van der Waals surface area contributed by atoms with Gasteiger partial charge in [0, 0.05) is 17.5 Å². The minimum absolute atomic E-state index is 0.0103. The highest BCUT2D eigenvalue weighted by molar-refractivity contribution is 7.08. The first kappa shape index (κ1) is 23.3. The molecule has 32 heavy (non-hydrogen) atoms. The molecule has 1 atom stereocenters. The SMILES string of the molecule is CC(OC(=O)CCNC(=O)c1ccsc1)C(=O)N1CC(=O)Nc2cc(C(F)(F)F)ccc21. The Balaban J connectivity index is 1.60. The van der Waals surface area contributed by atoms with Crippen molar-refractivity contribution in [3.63, 3.8) is 0 Å².